The van der Waals surface area contributed by atoms with E-state index in [1.54, 1.807) is 0 Å². The summed E-state index contributed by atoms with van der Waals surface area (Å²) in [5, 5.41) is 0. The van der Waals surface area contributed by atoms with Crippen molar-refractivity contribution in [2.75, 3.05) is 6.61 Å². The van der Waals surface area contributed by atoms with Gasteiger partial charge in [0.15, 0.2) is 0 Å². The molecule has 0 fully saturated rings. The van der Waals surface area contributed by atoms with E-state index < -0.39 is 0 Å². The molecule has 3 aromatic rings. The Kier molecular flexibility index (Phi) is 6.26. The number of aromatic nitrogens is 1. The summed E-state index contributed by atoms with van der Waals surface area (Å²) < 4.78 is 11.6. The Labute approximate surface area is 159 Å². The van der Waals surface area contributed by atoms with Crippen LogP contribution in [0.4, 0.5) is 0 Å². The molecular formula is C22H24N2O3. The molecule has 2 aromatic carbocycles. The lowest BCUT2D eigenvalue weighted by Gasteiger charge is -2.06. The number of oxazole rings is 1. The summed E-state index contributed by atoms with van der Waals surface area (Å²) in [4.78, 5) is 15.4. The molecule has 140 valence electrons. The minimum atomic E-state index is -0.256. The van der Waals surface area contributed by atoms with Crippen molar-refractivity contribution in [3.63, 3.8) is 0 Å². The Morgan fingerprint density at radius 2 is 1.81 bits per heavy atom. The molecule has 0 radical (unpaired) electrons. The van der Waals surface area contributed by atoms with Crippen LogP contribution in [0.5, 0.6) is 5.75 Å². The Balaban J connectivity index is 1.50. The molecule has 1 aromatic heterocycles. The van der Waals surface area contributed by atoms with Gasteiger partial charge in [-0.05, 0) is 49.6 Å². The molecule has 0 atom stereocenters. The minimum absolute atomic E-state index is 0.256. The Morgan fingerprint density at radius 1 is 1.07 bits per heavy atom. The molecular weight excluding hydrogens is 340 g/mol. The smallest absolute Gasteiger partial charge is 0.226 e. The van der Waals surface area contributed by atoms with Gasteiger partial charge in [0, 0.05) is 18.4 Å². The number of amides is 1. The number of carbonyl (C=O) groups is 1. The van der Waals surface area contributed by atoms with E-state index in [1.165, 1.54) is 5.56 Å². The summed E-state index contributed by atoms with van der Waals surface area (Å²) in [5.41, 5.74) is 8.21. The number of hydrogen-bond donors (Lipinski definition) is 1. The van der Waals surface area contributed by atoms with E-state index in [1.807, 2.05) is 61.5 Å². The summed E-state index contributed by atoms with van der Waals surface area (Å²) >= 11 is 0. The molecule has 1 amide bonds. The number of benzene rings is 2. The van der Waals surface area contributed by atoms with Crippen molar-refractivity contribution in [1.82, 2.24) is 4.98 Å². The Bertz CT molecular complexity index is 870. The molecule has 2 N–H and O–H groups in total. The van der Waals surface area contributed by atoms with E-state index in [0.29, 0.717) is 25.3 Å². The number of aryl methyl sites for hydroxylation is 2. The summed E-state index contributed by atoms with van der Waals surface area (Å²) in [7, 11) is 0. The fourth-order valence-electron chi connectivity index (χ4n) is 2.85. The van der Waals surface area contributed by atoms with Gasteiger partial charge in [0.25, 0.3) is 0 Å². The first-order valence-corrected chi connectivity index (χ1v) is 9.13. The Morgan fingerprint density at radius 3 is 2.52 bits per heavy atom. The van der Waals surface area contributed by atoms with Crippen LogP contribution in [-0.4, -0.2) is 17.5 Å². The molecule has 0 saturated carbocycles. The highest BCUT2D eigenvalue weighted by Crippen LogP contribution is 2.22. The van der Waals surface area contributed by atoms with Gasteiger partial charge >= 0.3 is 0 Å². The van der Waals surface area contributed by atoms with Crippen molar-refractivity contribution in [1.29, 1.82) is 0 Å². The van der Waals surface area contributed by atoms with Crippen LogP contribution in [0.3, 0.4) is 0 Å². The predicted molar refractivity (Wildman–Crippen MR) is 104 cm³/mol. The number of ether oxygens (including phenoxy) is 1. The van der Waals surface area contributed by atoms with Gasteiger partial charge in [0.05, 0.1) is 12.3 Å². The normalized spacial score (nSPS) is 10.7. The molecule has 0 aliphatic heterocycles. The third-order valence-corrected chi connectivity index (χ3v) is 4.33. The largest absolute Gasteiger partial charge is 0.493 e. The van der Waals surface area contributed by atoms with Gasteiger partial charge in [-0.1, -0.05) is 30.3 Å². The first-order valence-electron chi connectivity index (χ1n) is 9.13. The predicted octanol–water partition coefficient (Wildman–Crippen LogP) is 4.08. The minimum Gasteiger partial charge on any atom is -0.493 e. The fourth-order valence-corrected chi connectivity index (χ4v) is 2.85. The highest BCUT2D eigenvalue weighted by molar-refractivity contribution is 5.73. The second-order valence-electron chi connectivity index (χ2n) is 6.45. The lowest BCUT2D eigenvalue weighted by molar-refractivity contribution is -0.118. The molecule has 0 saturated heterocycles. The zero-order valence-corrected chi connectivity index (χ0v) is 15.5. The summed E-state index contributed by atoms with van der Waals surface area (Å²) in [6.45, 7) is 2.46. The maximum Gasteiger partial charge on any atom is 0.226 e. The standard InChI is InChI=1S/C22H24N2O3/c1-16-20(24-22(27-16)18-7-3-2-4-8-18)14-15-26-19-12-10-17(11-13-19)6-5-9-21(23)25/h2-4,7-8,10-13H,5-6,9,14-15H2,1H3,(H2,23,25). The third-order valence-electron chi connectivity index (χ3n) is 4.33. The van der Waals surface area contributed by atoms with Crippen LogP contribution < -0.4 is 10.5 Å². The van der Waals surface area contributed by atoms with Crippen LogP contribution in [0.15, 0.2) is 59.0 Å². The van der Waals surface area contributed by atoms with Crippen molar-refractivity contribution in [2.45, 2.75) is 32.6 Å². The maximum absolute atomic E-state index is 10.8. The molecule has 0 aliphatic carbocycles. The lowest BCUT2D eigenvalue weighted by atomic mass is 10.1. The van der Waals surface area contributed by atoms with Crippen LogP contribution in [0.1, 0.15) is 29.9 Å². The van der Waals surface area contributed by atoms with Crippen LogP contribution in [-0.2, 0) is 17.6 Å². The van der Waals surface area contributed by atoms with Crippen molar-refractivity contribution < 1.29 is 13.9 Å². The molecule has 0 bridgehead atoms. The first kappa shape index (κ1) is 18.7. The lowest BCUT2D eigenvalue weighted by Crippen LogP contribution is -2.10. The fraction of sp³-hybridized carbons (Fsp3) is 0.273. The van der Waals surface area contributed by atoms with Crippen molar-refractivity contribution in [3.8, 4) is 17.2 Å². The molecule has 0 spiro atoms. The molecule has 5 nitrogen and oxygen atoms in total. The molecule has 0 aliphatic rings. The maximum atomic E-state index is 10.8. The zero-order chi connectivity index (χ0) is 19.1. The first-order chi connectivity index (χ1) is 13.1. The SMILES string of the molecule is Cc1oc(-c2ccccc2)nc1CCOc1ccc(CCCC(N)=O)cc1. The van der Waals surface area contributed by atoms with Crippen LogP contribution >= 0.6 is 0 Å². The summed E-state index contributed by atoms with van der Waals surface area (Å²) in [6.07, 6.45) is 2.71. The molecule has 27 heavy (non-hydrogen) atoms. The quantitative estimate of drug-likeness (QED) is 0.620. The highest BCUT2D eigenvalue weighted by Gasteiger charge is 2.11. The molecule has 3 rings (SSSR count). The summed E-state index contributed by atoms with van der Waals surface area (Å²) in [5.74, 6) is 2.03. The van der Waals surface area contributed by atoms with Gasteiger partial charge in [-0.2, -0.15) is 0 Å². The zero-order valence-electron chi connectivity index (χ0n) is 15.5. The van der Waals surface area contributed by atoms with Gasteiger partial charge in [-0.3, -0.25) is 4.79 Å². The monoisotopic (exact) mass is 364 g/mol. The van der Waals surface area contributed by atoms with Crippen molar-refractivity contribution in [3.05, 3.63) is 71.6 Å². The average Bonchev–Trinajstić information content (AvgIpc) is 3.04. The number of hydrogen-bond acceptors (Lipinski definition) is 4. The van der Waals surface area contributed by atoms with E-state index in [0.717, 1.165) is 35.6 Å². The second-order valence-corrected chi connectivity index (χ2v) is 6.45. The van der Waals surface area contributed by atoms with Crippen molar-refractivity contribution >= 4 is 5.91 Å². The molecule has 5 heteroatoms. The summed E-state index contributed by atoms with van der Waals surface area (Å²) in [6, 6.07) is 17.8. The van der Waals surface area contributed by atoms with Gasteiger partial charge in [0.2, 0.25) is 11.8 Å². The van der Waals surface area contributed by atoms with Crippen LogP contribution in [0, 0.1) is 6.92 Å². The number of rotatable bonds is 9. The van der Waals surface area contributed by atoms with Gasteiger partial charge in [0.1, 0.15) is 11.5 Å². The van der Waals surface area contributed by atoms with Gasteiger partial charge in [-0.15, -0.1) is 0 Å². The highest BCUT2D eigenvalue weighted by atomic mass is 16.5. The average molecular weight is 364 g/mol. The number of primary amides is 1. The Hall–Kier alpha value is -3.08. The number of nitrogens with two attached hydrogens (primary N) is 1. The van der Waals surface area contributed by atoms with E-state index in [-0.39, 0.29) is 5.91 Å². The van der Waals surface area contributed by atoms with Gasteiger partial charge < -0.3 is 14.9 Å². The van der Waals surface area contributed by atoms with E-state index in [4.69, 9.17) is 14.9 Å². The number of nitrogens with zero attached hydrogens (tertiary/aromatic N) is 1. The van der Waals surface area contributed by atoms with Crippen molar-refractivity contribution in [2.24, 2.45) is 5.73 Å². The van der Waals surface area contributed by atoms with E-state index >= 15 is 0 Å². The third kappa shape index (κ3) is 5.45. The van der Waals surface area contributed by atoms with E-state index in [2.05, 4.69) is 4.98 Å². The van der Waals surface area contributed by atoms with Crippen LogP contribution in [0.25, 0.3) is 11.5 Å². The van der Waals surface area contributed by atoms with Gasteiger partial charge in [-0.25, -0.2) is 4.98 Å². The van der Waals surface area contributed by atoms with E-state index in [9.17, 15) is 4.79 Å². The van der Waals surface area contributed by atoms with Crippen LogP contribution in [0.2, 0.25) is 0 Å². The topological polar surface area (TPSA) is 78.3 Å². The molecule has 1 heterocycles. The number of carbonyl (C=O) groups excluding carboxylic acids is 1. The second kappa shape index (κ2) is 9.03. The molecule has 0 unspecified atom stereocenters.